The molecule has 24 heavy (non-hydrogen) atoms. The third-order valence-electron chi connectivity index (χ3n) is 3.35. The Labute approximate surface area is 150 Å². The van der Waals surface area contributed by atoms with Crippen LogP contribution in [0.15, 0.2) is 36.4 Å². The van der Waals surface area contributed by atoms with E-state index in [4.69, 9.17) is 37.4 Å². The lowest BCUT2D eigenvalue weighted by Crippen LogP contribution is -2.02. The average Bonchev–Trinajstić information content (AvgIpc) is 2.59. The van der Waals surface area contributed by atoms with Crippen molar-refractivity contribution in [3.05, 3.63) is 57.6 Å². The van der Waals surface area contributed by atoms with E-state index in [1.165, 1.54) is 27.4 Å². The van der Waals surface area contributed by atoms with Gasteiger partial charge in [0.1, 0.15) is 0 Å². The predicted molar refractivity (Wildman–Crippen MR) is 95.9 cm³/mol. The summed E-state index contributed by atoms with van der Waals surface area (Å²) in [7, 11) is 4.47. The highest BCUT2D eigenvalue weighted by Crippen LogP contribution is 2.40. The molecule has 0 aliphatic carbocycles. The van der Waals surface area contributed by atoms with Crippen molar-refractivity contribution in [1.82, 2.24) is 0 Å². The van der Waals surface area contributed by atoms with Crippen LogP contribution in [0.2, 0.25) is 10.0 Å². The monoisotopic (exact) mass is 366 g/mol. The van der Waals surface area contributed by atoms with E-state index in [2.05, 4.69) is 0 Å². The molecule has 0 aromatic heterocycles. The molecular formula is C18H16Cl2O4. The molecule has 0 spiro atoms. The molecule has 0 bridgehead atoms. The van der Waals surface area contributed by atoms with Crippen LogP contribution in [0, 0.1) is 0 Å². The molecular weight excluding hydrogens is 351 g/mol. The van der Waals surface area contributed by atoms with E-state index in [9.17, 15) is 4.79 Å². The molecule has 0 atom stereocenters. The zero-order valence-electron chi connectivity index (χ0n) is 13.4. The number of halogens is 2. The summed E-state index contributed by atoms with van der Waals surface area (Å²) in [5.74, 6) is 0.909. The molecule has 0 fully saturated rings. The lowest BCUT2D eigenvalue weighted by molar-refractivity contribution is 0.104. The molecule has 0 saturated carbocycles. The van der Waals surface area contributed by atoms with Gasteiger partial charge in [-0.25, -0.2) is 0 Å². The molecule has 0 heterocycles. The molecule has 2 rings (SSSR count). The topological polar surface area (TPSA) is 44.8 Å². The van der Waals surface area contributed by atoms with Gasteiger partial charge in [-0.2, -0.15) is 0 Å². The van der Waals surface area contributed by atoms with Gasteiger partial charge in [0, 0.05) is 10.0 Å². The maximum absolute atomic E-state index is 12.5. The fourth-order valence-electron chi connectivity index (χ4n) is 2.19. The second kappa shape index (κ2) is 8.08. The Balaban J connectivity index is 2.37. The number of ether oxygens (including phenoxy) is 3. The van der Waals surface area contributed by atoms with Crippen LogP contribution in [-0.2, 0) is 0 Å². The molecule has 0 amide bonds. The fourth-order valence-corrected chi connectivity index (χ4v) is 2.66. The number of hydrogen-bond acceptors (Lipinski definition) is 4. The molecule has 0 N–H and O–H groups in total. The van der Waals surface area contributed by atoms with Crippen LogP contribution in [-0.4, -0.2) is 27.1 Å². The quantitative estimate of drug-likeness (QED) is 0.537. The van der Waals surface area contributed by atoms with Crippen LogP contribution >= 0.6 is 23.2 Å². The maximum Gasteiger partial charge on any atom is 0.204 e. The van der Waals surface area contributed by atoms with Gasteiger partial charge in [-0.15, -0.1) is 0 Å². The Morgan fingerprint density at radius 2 is 1.67 bits per heavy atom. The van der Waals surface area contributed by atoms with Crippen molar-refractivity contribution in [2.45, 2.75) is 0 Å². The van der Waals surface area contributed by atoms with Crippen molar-refractivity contribution in [3.8, 4) is 17.2 Å². The second-order valence-electron chi connectivity index (χ2n) is 4.75. The standard InChI is InChI=1S/C18H16Cl2O4/c1-22-16-9-7-13(17(23-2)18(16)24-3)15(21)8-5-11-4-6-12(19)10-14(11)20/h4-10H,1-3H3/b8-5-. The highest BCUT2D eigenvalue weighted by molar-refractivity contribution is 6.35. The van der Waals surface area contributed by atoms with Gasteiger partial charge in [0.2, 0.25) is 5.75 Å². The Hall–Kier alpha value is -2.17. The number of hydrogen-bond donors (Lipinski definition) is 0. The van der Waals surface area contributed by atoms with Gasteiger partial charge in [-0.05, 0) is 42.0 Å². The fraction of sp³-hybridized carbons (Fsp3) is 0.167. The van der Waals surface area contributed by atoms with Crippen molar-refractivity contribution in [2.24, 2.45) is 0 Å². The number of methoxy groups -OCH3 is 3. The zero-order chi connectivity index (χ0) is 17.7. The van der Waals surface area contributed by atoms with Crippen molar-refractivity contribution in [1.29, 1.82) is 0 Å². The summed E-state index contributed by atoms with van der Waals surface area (Å²) < 4.78 is 15.8. The molecule has 2 aromatic rings. The number of allylic oxidation sites excluding steroid dienone is 1. The van der Waals surface area contributed by atoms with E-state index < -0.39 is 0 Å². The Morgan fingerprint density at radius 1 is 0.958 bits per heavy atom. The smallest absolute Gasteiger partial charge is 0.204 e. The lowest BCUT2D eigenvalue weighted by Gasteiger charge is -2.14. The summed E-state index contributed by atoms with van der Waals surface area (Å²) in [6, 6.07) is 8.33. The number of carbonyl (C=O) groups excluding carboxylic acids is 1. The van der Waals surface area contributed by atoms with E-state index in [0.29, 0.717) is 38.4 Å². The predicted octanol–water partition coefficient (Wildman–Crippen LogP) is 4.92. The molecule has 126 valence electrons. The Bertz CT molecular complexity index is 785. The van der Waals surface area contributed by atoms with Gasteiger partial charge in [0.05, 0.1) is 26.9 Å². The molecule has 0 aliphatic heterocycles. The molecule has 0 aliphatic rings. The SMILES string of the molecule is COc1ccc(C(=O)/C=C\c2ccc(Cl)cc2Cl)c(OC)c1OC. The number of rotatable bonds is 6. The molecule has 6 heteroatoms. The van der Waals surface area contributed by atoms with Crippen molar-refractivity contribution < 1.29 is 19.0 Å². The van der Waals surface area contributed by atoms with Crippen LogP contribution in [0.5, 0.6) is 17.2 Å². The largest absolute Gasteiger partial charge is 0.493 e. The Kier molecular flexibility index (Phi) is 6.12. The summed E-state index contributed by atoms with van der Waals surface area (Å²) in [6.45, 7) is 0. The van der Waals surface area contributed by atoms with Gasteiger partial charge in [0.15, 0.2) is 17.3 Å². The molecule has 0 unspecified atom stereocenters. The van der Waals surface area contributed by atoms with E-state index in [1.54, 1.807) is 36.4 Å². The number of ketones is 1. The first-order valence-electron chi connectivity index (χ1n) is 6.98. The highest BCUT2D eigenvalue weighted by atomic mass is 35.5. The van der Waals surface area contributed by atoms with Gasteiger partial charge in [0.25, 0.3) is 0 Å². The first-order valence-corrected chi connectivity index (χ1v) is 7.73. The van der Waals surface area contributed by atoms with Crippen molar-refractivity contribution >= 4 is 35.1 Å². The van der Waals surface area contributed by atoms with Gasteiger partial charge in [-0.1, -0.05) is 29.3 Å². The van der Waals surface area contributed by atoms with Crippen LogP contribution in [0.25, 0.3) is 6.08 Å². The minimum atomic E-state index is -0.251. The Morgan fingerprint density at radius 3 is 2.25 bits per heavy atom. The summed E-state index contributed by atoms with van der Waals surface area (Å²) in [5, 5.41) is 0.996. The number of carbonyl (C=O) groups is 1. The second-order valence-corrected chi connectivity index (χ2v) is 5.59. The van der Waals surface area contributed by atoms with Crippen molar-refractivity contribution in [2.75, 3.05) is 21.3 Å². The van der Waals surface area contributed by atoms with Gasteiger partial charge < -0.3 is 14.2 Å². The van der Waals surface area contributed by atoms with Crippen LogP contribution in [0.1, 0.15) is 15.9 Å². The van der Waals surface area contributed by atoms with E-state index in [-0.39, 0.29) is 5.78 Å². The minimum absolute atomic E-state index is 0.251. The molecule has 2 aromatic carbocycles. The molecule has 4 nitrogen and oxygen atoms in total. The van der Waals surface area contributed by atoms with Gasteiger partial charge in [-0.3, -0.25) is 4.79 Å². The van der Waals surface area contributed by atoms with Crippen LogP contribution in [0.3, 0.4) is 0 Å². The first-order chi connectivity index (χ1) is 11.5. The summed E-state index contributed by atoms with van der Waals surface area (Å²) >= 11 is 12.0. The first kappa shape index (κ1) is 18.2. The van der Waals surface area contributed by atoms with E-state index in [0.717, 1.165) is 0 Å². The third kappa shape index (κ3) is 3.83. The van der Waals surface area contributed by atoms with Crippen LogP contribution in [0.4, 0.5) is 0 Å². The maximum atomic E-state index is 12.5. The summed E-state index contributed by atoms with van der Waals surface area (Å²) in [6.07, 6.45) is 3.04. The highest BCUT2D eigenvalue weighted by Gasteiger charge is 2.19. The van der Waals surface area contributed by atoms with E-state index in [1.807, 2.05) is 0 Å². The average molecular weight is 367 g/mol. The minimum Gasteiger partial charge on any atom is -0.493 e. The third-order valence-corrected chi connectivity index (χ3v) is 3.91. The zero-order valence-corrected chi connectivity index (χ0v) is 14.9. The molecule has 0 radical (unpaired) electrons. The molecule has 0 saturated heterocycles. The van der Waals surface area contributed by atoms with Crippen LogP contribution < -0.4 is 14.2 Å². The normalized spacial score (nSPS) is 10.7. The summed E-state index contributed by atoms with van der Waals surface area (Å²) in [5.41, 5.74) is 1.05. The van der Waals surface area contributed by atoms with E-state index >= 15 is 0 Å². The lowest BCUT2D eigenvalue weighted by atomic mass is 10.1. The van der Waals surface area contributed by atoms with Gasteiger partial charge >= 0.3 is 0 Å². The summed E-state index contributed by atoms with van der Waals surface area (Å²) in [4.78, 5) is 12.5. The number of benzene rings is 2. The van der Waals surface area contributed by atoms with Crippen molar-refractivity contribution in [3.63, 3.8) is 0 Å².